The molecule has 0 aromatic heterocycles. The van der Waals surface area contributed by atoms with Crippen LogP contribution < -0.4 is 14.8 Å². The number of ether oxygens (including phenoxy) is 2. The van der Waals surface area contributed by atoms with Crippen molar-refractivity contribution < 1.29 is 14.6 Å². The molecule has 2 N–H and O–H groups in total. The number of aliphatic hydroxyl groups is 1. The van der Waals surface area contributed by atoms with Crippen molar-refractivity contribution >= 4 is 0 Å². The third kappa shape index (κ3) is 3.39. The van der Waals surface area contributed by atoms with Crippen molar-refractivity contribution in [2.75, 3.05) is 19.8 Å². The number of hydrogen-bond acceptors (Lipinski definition) is 4. The van der Waals surface area contributed by atoms with Crippen molar-refractivity contribution in [3.63, 3.8) is 0 Å². The summed E-state index contributed by atoms with van der Waals surface area (Å²) in [7, 11) is 0. The first-order valence-electron chi connectivity index (χ1n) is 7.10. The minimum atomic E-state index is -0.194. The fraction of sp³-hybridized carbons (Fsp3) is 0.600. The Morgan fingerprint density at radius 3 is 2.79 bits per heavy atom. The molecule has 4 heteroatoms. The number of nitrogens with one attached hydrogen (secondary N) is 1. The second-order valence-corrected chi connectivity index (χ2v) is 5.37. The highest BCUT2D eigenvalue weighted by Crippen LogP contribution is 2.32. The van der Waals surface area contributed by atoms with Crippen LogP contribution in [0.2, 0.25) is 0 Å². The maximum atomic E-state index is 9.79. The van der Waals surface area contributed by atoms with E-state index >= 15 is 0 Å². The largest absolute Gasteiger partial charge is 0.490 e. The fourth-order valence-electron chi connectivity index (χ4n) is 2.33. The first kappa shape index (κ1) is 12.8. The van der Waals surface area contributed by atoms with Crippen LogP contribution in [0.1, 0.15) is 24.8 Å². The van der Waals surface area contributed by atoms with Crippen molar-refractivity contribution in [2.24, 2.45) is 5.92 Å². The van der Waals surface area contributed by atoms with Crippen LogP contribution in [0.15, 0.2) is 18.2 Å². The first-order valence-corrected chi connectivity index (χ1v) is 7.10. The van der Waals surface area contributed by atoms with Gasteiger partial charge in [-0.2, -0.15) is 0 Å². The van der Waals surface area contributed by atoms with Gasteiger partial charge < -0.3 is 19.9 Å². The van der Waals surface area contributed by atoms with E-state index in [1.165, 1.54) is 12.8 Å². The average Bonchev–Trinajstić information content (AvgIpc) is 3.25. The standard InChI is InChI=1S/C15H21NO3/c17-13(12-3-4-12)10-16-9-11-2-5-14-15(8-11)19-7-1-6-18-14/h2,5,8,12-13,16-17H,1,3-4,6-7,9-10H2. The van der Waals surface area contributed by atoms with Crippen LogP contribution >= 0.6 is 0 Å². The van der Waals surface area contributed by atoms with E-state index in [0.29, 0.717) is 19.1 Å². The maximum absolute atomic E-state index is 9.79. The van der Waals surface area contributed by atoms with Crippen LogP contribution in [0.25, 0.3) is 0 Å². The van der Waals surface area contributed by atoms with E-state index in [0.717, 1.165) is 36.6 Å². The van der Waals surface area contributed by atoms with Crippen LogP contribution in [0.4, 0.5) is 0 Å². The molecule has 1 aromatic rings. The van der Waals surface area contributed by atoms with Gasteiger partial charge in [-0.05, 0) is 36.5 Å². The molecule has 1 aromatic carbocycles. The minimum Gasteiger partial charge on any atom is -0.490 e. The van der Waals surface area contributed by atoms with Crippen molar-refractivity contribution in [1.29, 1.82) is 0 Å². The summed E-state index contributed by atoms with van der Waals surface area (Å²) in [5.41, 5.74) is 1.16. The van der Waals surface area contributed by atoms with Gasteiger partial charge in [0.2, 0.25) is 0 Å². The summed E-state index contributed by atoms with van der Waals surface area (Å²) < 4.78 is 11.3. The average molecular weight is 263 g/mol. The lowest BCUT2D eigenvalue weighted by Gasteiger charge is -2.12. The molecule has 3 rings (SSSR count). The maximum Gasteiger partial charge on any atom is 0.161 e. The predicted molar refractivity (Wildman–Crippen MR) is 72.5 cm³/mol. The first-order chi connectivity index (χ1) is 9.33. The highest BCUT2D eigenvalue weighted by molar-refractivity contribution is 5.43. The molecule has 104 valence electrons. The van der Waals surface area contributed by atoms with E-state index in [9.17, 15) is 5.11 Å². The van der Waals surface area contributed by atoms with Gasteiger partial charge in [-0.15, -0.1) is 0 Å². The molecule has 1 aliphatic heterocycles. The third-order valence-corrected chi connectivity index (χ3v) is 3.66. The molecule has 1 aliphatic carbocycles. The van der Waals surface area contributed by atoms with Crippen LogP contribution in [0.3, 0.4) is 0 Å². The molecule has 4 nitrogen and oxygen atoms in total. The summed E-state index contributed by atoms with van der Waals surface area (Å²) in [5.74, 6) is 2.19. The zero-order valence-corrected chi connectivity index (χ0v) is 11.1. The van der Waals surface area contributed by atoms with E-state index in [4.69, 9.17) is 9.47 Å². The Kier molecular flexibility index (Phi) is 3.89. The van der Waals surface area contributed by atoms with Crippen LogP contribution in [-0.2, 0) is 6.54 Å². The van der Waals surface area contributed by atoms with Gasteiger partial charge in [-0.25, -0.2) is 0 Å². The number of benzene rings is 1. The number of hydrogen-bond donors (Lipinski definition) is 2. The van der Waals surface area contributed by atoms with Crippen LogP contribution in [0, 0.1) is 5.92 Å². The van der Waals surface area contributed by atoms with Gasteiger partial charge in [0, 0.05) is 19.5 Å². The van der Waals surface area contributed by atoms with Crippen molar-refractivity contribution in [1.82, 2.24) is 5.32 Å². The van der Waals surface area contributed by atoms with Gasteiger partial charge >= 0.3 is 0 Å². The minimum absolute atomic E-state index is 0.194. The van der Waals surface area contributed by atoms with Gasteiger partial charge in [0.15, 0.2) is 11.5 Å². The molecule has 19 heavy (non-hydrogen) atoms. The predicted octanol–water partition coefficient (Wildman–Crippen LogP) is 1.71. The number of rotatable bonds is 5. The number of aliphatic hydroxyl groups excluding tert-OH is 1. The molecular formula is C15H21NO3. The van der Waals surface area contributed by atoms with E-state index in [1.807, 2.05) is 18.2 Å². The quantitative estimate of drug-likeness (QED) is 0.849. The molecule has 0 bridgehead atoms. The van der Waals surface area contributed by atoms with Gasteiger partial charge in [-0.3, -0.25) is 0 Å². The van der Waals surface area contributed by atoms with Crippen molar-refractivity contribution in [3.05, 3.63) is 23.8 Å². The Labute approximate surface area is 113 Å². The van der Waals surface area contributed by atoms with Crippen LogP contribution in [-0.4, -0.2) is 31.0 Å². The molecule has 0 saturated heterocycles. The highest BCUT2D eigenvalue weighted by atomic mass is 16.5. The summed E-state index contributed by atoms with van der Waals surface area (Å²) >= 11 is 0. The number of fused-ring (bicyclic) bond motifs is 1. The summed E-state index contributed by atoms with van der Waals surface area (Å²) in [6, 6.07) is 6.04. The molecule has 0 radical (unpaired) electrons. The van der Waals surface area contributed by atoms with Gasteiger partial charge in [0.05, 0.1) is 19.3 Å². The topological polar surface area (TPSA) is 50.7 Å². The zero-order chi connectivity index (χ0) is 13.1. The Morgan fingerprint density at radius 1 is 1.21 bits per heavy atom. The Balaban J connectivity index is 1.54. The Hall–Kier alpha value is -1.26. The lowest BCUT2D eigenvalue weighted by molar-refractivity contribution is 0.148. The summed E-state index contributed by atoms with van der Waals surface area (Å²) in [4.78, 5) is 0. The molecule has 1 atom stereocenters. The Bertz CT molecular complexity index is 431. The summed E-state index contributed by atoms with van der Waals surface area (Å²) in [5, 5.41) is 13.1. The van der Waals surface area contributed by atoms with Crippen molar-refractivity contribution in [2.45, 2.75) is 31.9 Å². The lowest BCUT2D eigenvalue weighted by Crippen LogP contribution is -2.27. The molecule has 0 spiro atoms. The SMILES string of the molecule is OC(CNCc1ccc2c(c1)OCCCO2)C1CC1. The molecule has 1 unspecified atom stereocenters. The molecule has 0 amide bonds. The van der Waals surface area contributed by atoms with Gasteiger partial charge in [-0.1, -0.05) is 6.07 Å². The summed E-state index contributed by atoms with van der Waals surface area (Å²) in [6.07, 6.45) is 3.08. The van der Waals surface area contributed by atoms with Gasteiger partial charge in [0.25, 0.3) is 0 Å². The Morgan fingerprint density at radius 2 is 2.00 bits per heavy atom. The molecule has 2 aliphatic rings. The second kappa shape index (κ2) is 5.80. The van der Waals surface area contributed by atoms with Gasteiger partial charge in [0.1, 0.15) is 0 Å². The molecule has 1 saturated carbocycles. The van der Waals surface area contributed by atoms with E-state index in [1.54, 1.807) is 0 Å². The summed E-state index contributed by atoms with van der Waals surface area (Å²) in [6.45, 7) is 2.85. The van der Waals surface area contributed by atoms with E-state index < -0.39 is 0 Å². The molecule has 1 heterocycles. The third-order valence-electron chi connectivity index (χ3n) is 3.66. The smallest absolute Gasteiger partial charge is 0.161 e. The highest BCUT2D eigenvalue weighted by Gasteiger charge is 2.29. The van der Waals surface area contributed by atoms with Crippen molar-refractivity contribution in [3.8, 4) is 11.5 Å². The van der Waals surface area contributed by atoms with E-state index in [2.05, 4.69) is 5.32 Å². The van der Waals surface area contributed by atoms with E-state index in [-0.39, 0.29) is 6.10 Å². The second-order valence-electron chi connectivity index (χ2n) is 5.37. The fourth-order valence-corrected chi connectivity index (χ4v) is 2.33. The van der Waals surface area contributed by atoms with Crippen LogP contribution in [0.5, 0.6) is 11.5 Å². The monoisotopic (exact) mass is 263 g/mol. The molecular weight excluding hydrogens is 242 g/mol. The lowest BCUT2D eigenvalue weighted by atomic mass is 10.2. The zero-order valence-electron chi connectivity index (χ0n) is 11.1. The molecule has 1 fully saturated rings. The normalized spacial score (nSPS) is 19.8.